The zero-order valence-electron chi connectivity index (χ0n) is 51.6. The van der Waals surface area contributed by atoms with Gasteiger partial charge in [0.05, 0.1) is 33.8 Å². The van der Waals surface area contributed by atoms with E-state index in [1.54, 1.807) is 0 Å². The summed E-state index contributed by atoms with van der Waals surface area (Å²) in [5, 5.41) is 3.04. The van der Waals surface area contributed by atoms with Crippen LogP contribution in [0.5, 0.6) is 0 Å². The number of ether oxygens (including phenoxy) is 1. The zero-order chi connectivity index (χ0) is 57.9. The highest BCUT2D eigenvalue weighted by Crippen LogP contribution is 2.43. The Morgan fingerprint density at radius 2 is 0.810 bits per heavy atom. The van der Waals surface area contributed by atoms with E-state index in [1.165, 1.54) is 70.6 Å². The summed E-state index contributed by atoms with van der Waals surface area (Å²) in [6.45, 7) is 6.82. The van der Waals surface area contributed by atoms with Crippen LogP contribution in [0.3, 0.4) is 0 Å². The molecule has 0 bridgehead atoms. The zero-order valence-corrected chi connectivity index (χ0v) is 52.5. The fourth-order valence-corrected chi connectivity index (χ4v) is 9.21. The molecule has 1 amide bonds. The number of carbonyl (C=O) groups excluding carboxylic acids is 2. The van der Waals surface area contributed by atoms with Crippen molar-refractivity contribution in [3.63, 3.8) is 0 Å². The molecular weight excluding hydrogens is 1000 g/mol. The van der Waals surface area contributed by atoms with Crippen LogP contribution in [0.1, 0.15) is 252 Å². The number of likely N-dealkylation sites (N-methyl/N-ethyl adjacent to an activating group) is 1. The van der Waals surface area contributed by atoms with E-state index in [-0.39, 0.29) is 31.5 Å². The van der Waals surface area contributed by atoms with Crippen molar-refractivity contribution in [2.24, 2.45) is 0 Å². The van der Waals surface area contributed by atoms with Crippen molar-refractivity contribution in [1.82, 2.24) is 5.32 Å². The molecule has 0 aromatic heterocycles. The third-order valence-corrected chi connectivity index (χ3v) is 14.4. The molecule has 0 aliphatic carbocycles. The van der Waals surface area contributed by atoms with E-state index < -0.39 is 20.0 Å². The quantitative estimate of drug-likeness (QED) is 0.0205. The van der Waals surface area contributed by atoms with Gasteiger partial charge in [0, 0.05) is 12.8 Å². The molecule has 0 fully saturated rings. The Balaban J connectivity index is 5.23. The second kappa shape index (κ2) is 57.6. The molecule has 10 heteroatoms. The first-order valence-electron chi connectivity index (χ1n) is 31.9. The van der Waals surface area contributed by atoms with Crippen LogP contribution < -0.4 is 5.32 Å². The van der Waals surface area contributed by atoms with Gasteiger partial charge in [-0.2, -0.15) is 0 Å². The lowest BCUT2D eigenvalue weighted by molar-refractivity contribution is -0.870. The molecule has 0 aromatic rings. The molecule has 79 heavy (non-hydrogen) atoms. The van der Waals surface area contributed by atoms with Gasteiger partial charge >= 0.3 is 13.8 Å². The lowest BCUT2D eigenvalue weighted by atomic mass is 10.1. The number of hydrogen-bond donors (Lipinski definition) is 2. The number of quaternary nitrogens is 1. The van der Waals surface area contributed by atoms with Gasteiger partial charge in [-0.05, 0) is 122 Å². The second-order valence-corrected chi connectivity index (χ2v) is 23.6. The summed E-state index contributed by atoms with van der Waals surface area (Å²) in [7, 11) is 1.45. The molecule has 0 aliphatic rings. The standard InChI is InChI=1S/C69H119N2O7P/c1-7-10-13-16-19-22-25-27-29-31-32-33-34-35-36-37-38-40-42-44-47-50-53-56-59-62-69(73)78-67(60-57-54-51-48-45-24-21-18-15-12-9-3)66(65-77-79(74,75)76-64-63-71(4,5)6)70-68(72)61-58-55-52-49-46-43-41-39-30-28-26-23-20-17-14-11-8-2/h10,13,19-20,22-23,27-30,32-33,35-36,38,40-41,43,57,60,66-67H,7-9,11-12,14-18,21,24-26,31,34,37,39,42,44-56,58-59,61-65H2,1-6H3,(H-,70,72,74,75)/p+1/b13-10-,22-19-,23-20-,29-27-,30-28-,33-32-,36-35-,40-38-,43-41-,60-57-. The number of allylic oxidation sites excluding steroid dienone is 19. The molecule has 0 saturated carbocycles. The Morgan fingerprint density at radius 3 is 1.24 bits per heavy atom. The Bertz CT molecular complexity index is 1770. The summed E-state index contributed by atoms with van der Waals surface area (Å²) in [6.07, 6.45) is 80.5. The first kappa shape index (κ1) is 75.4. The van der Waals surface area contributed by atoms with Gasteiger partial charge in [0.25, 0.3) is 0 Å². The van der Waals surface area contributed by atoms with Crippen LogP contribution in [-0.2, 0) is 27.9 Å². The smallest absolute Gasteiger partial charge is 0.456 e. The van der Waals surface area contributed by atoms with E-state index in [0.29, 0.717) is 30.3 Å². The van der Waals surface area contributed by atoms with Crippen LogP contribution in [0.15, 0.2) is 122 Å². The van der Waals surface area contributed by atoms with Crippen molar-refractivity contribution in [2.45, 2.75) is 264 Å². The van der Waals surface area contributed by atoms with Gasteiger partial charge < -0.3 is 19.4 Å². The molecule has 0 radical (unpaired) electrons. The minimum Gasteiger partial charge on any atom is -0.456 e. The largest absolute Gasteiger partial charge is 0.472 e. The van der Waals surface area contributed by atoms with Crippen LogP contribution >= 0.6 is 7.82 Å². The average molecular weight is 1120 g/mol. The summed E-state index contributed by atoms with van der Waals surface area (Å²) < 4.78 is 30.7. The monoisotopic (exact) mass is 1120 g/mol. The molecule has 0 aromatic carbocycles. The van der Waals surface area contributed by atoms with Crippen LogP contribution in [0.25, 0.3) is 0 Å². The predicted molar refractivity (Wildman–Crippen MR) is 341 cm³/mol. The minimum atomic E-state index is -4.47. The maximum Gasteiger partial charge on any atom is 0.472 e. The van der Waals surface area contributed by atoms with E-state index in [2.05, 4.69) is 135 Å². The Morgan fingerprint density at radius 1 is 0.456 bits per heavy atom. The number of nitrogens with one attached hydrogen (secondary N) is 1. The fraction of sp³-hybridized carbons (Fsp3) is 0.681. The topological polar surface area (TPSA) is 111 Å². The van der Waals surface area contributed by atoms with E-state index in [9.17, 15) is 19.0 Å². The summed E-state index contributed by atoms with van der Waals surface area (Å²) in [4.78, 5) is 37.7. The van der Waals surface area contributed by atoms with Gasteiger partial charge in [0.2, 0.25) is 5.91 Å². The molecule has 2 N–H and O–H groups in total. The van der Waals surface area contributed by atoms with E-state index >= 15 is 0 Å². The van der Waals surface area contributed by atoms with Crippen molar-refractivity contribution >= 4 is 19.7 Å². The minimum absolute atomic E-state index is 0.0266. The number of nitrogens with zero attached hydrogens (tertiary/aromatic N) is 1. The molecule has 0 aliphatic heterocycles. The Hall–Kier alpha value is -3.59. The number of unbranched alkanes of at least 4 members (excludes halogenated alkanes) is 22. The van der Waals surface area contributed by atoms with Crippen molar-refractivity contribution < 1.29 is 37.3 Å². The third kappa shape index (κ3) is 58.9. The summed E-state index contributed by atoms with van der Waals surface area (Å²) in [5.41, 5.74) is 0. The molecule has 3 unspecified atom stereocenters. The van der Waals surface area contributed by atoms with Gasteiger partial charge in [-0.1, -0.05) is 239 Å². The molecule has 452 valence electrons. The number of phosphoric acid groups is 1. The van der Waals surface area contributed by atoms with Gasteiger partial charge in [0.15, 0.2) is 0 Å². The van der Waals surface area contributed by atoms with Gasteiger partial charge in [-0.3, -0.25) is 18.6 Å². The predicted octanol–water partition coefficient (Wildman–Crippen LogP) is 19.9. The highest BCUT2D eigenvalue weighted by Gasteiger charge is 2.30. The number of hydrogen-bond acceptors (Lipinski definition) is 6. The molecular formula is C69H120N2O7P+. The van der Waals surface area contributed by atoms with Gasteiger partial charge in [0.1, 0.15) is 19.3 Å². The van der Waals surface area contributed by atoms with Crippen LogP contribution in [-0.4, -0.2) is 74.3 Å². The summed E-state index contributed by atoms with van der Waals surface area (Å²) >= 11 is 0. The van der Waals surface area contributed by atoms with Crippen LogP contribution in [0.4, 0.5) is 0 Å². The summed E-state index contributed by atoms with van der Waals surface area (Å²) in [6, 6.07) is -0.875. The highest BCUT2D eigenvalue weighted by atomic mass is 31.2. The highest BCUT2D eigenvalue weighted by molar-refractivity contribution is 7.47. The SMILES string of the molecule is CC/C=C\C/C=C\C/C=C\C/C=C\C/C=C\C/C=C\CCCCCCCCC(=O)OC(/C=C\CCCCCCCCCCC)C(COP(=O)(O)OCC[N+](C)(C)C)NC(=O)CCCCCC/C=C\C/C=C\C/C=C\CCCCC. The molecule has 9 nitrogen and oxygen atoms in total. The van der Waals surface area contributed by atoms with E-state index in [1.807, 2.05) is 33.3 Å². The van der Waals surface area contributed by atoms with E-state index in [0.717, 1.165) is 135 Å². The lowest BCUT2D eigenvalue weighted by Crippen LogP contribution is -2.47. The maximum atomic E-state index is 13.5. The van der Waals surface area contributed by atoms with Crippen LogP contribution in [0, 0.1) is 0 Å². The van der Waals surface area contributed by atoms with Crippen molar-refractivity contribution in [3.05, 3.63) is 122 Å². The van der Waals surface area contributed by atoms with Gasteiger partial charge in [-0.15, -0.1) is 0 Å². The van der Waals surface area contributed by atoms with Crippen LogP contribution in [0.2, 0.25) is 0 Å². The molecule has 0 heterocycles. The van der Waals surface area contributed by atoms with Gasteiger partial charge in [-0.25, -0.2) is 4.57 Å². The Kier molecular flexibility index (Phi) is 55.0. The van der Waals surface area contributed by atoms with Crippen molar-refractivity contribution in [3.8, 4) is 0 Å². The number of rotatable bonds is 56. The Labute approximate surface area is 486 Å². The lowest BCUT2D eigenvalue weighted by Gasteiger charge is -2.27. The number of esters is 1. The second-order valence-electron chi connectivity index (χ2n) is 22.2. The summed E-state index contributed by atoms with van der Waals surface area (Å²) in [5.74, 6) is -0.555. The number of carbonyl (C=O) groups is 2. The first-order chi connectivity index (χ1) is 38.4. The van der Waals surface area contributed by atoms with Crippen molar-refractivity contribution in [1.29, 1.82) is 0 Å². The molecule has 0 rings (SSSR count). The number of phosphoric ester groups is 1. The molecule has 3 atom stereocenters. The molecule has 0 spiro atoms. The average Bonchev–Trinajstić information content (AvgIpc) is 3.41. The number of amides is 1. The maximum absolute atomic E-state index is 13.5. The molecule has 0 saturated heterocycles. The first-order valence-corrected chi connectivity index (χ1v) is 33.4. The normalized spacial score (nSPS) is 14.5. The van der Waals surface area contributed by atoms with E-state index in [4.69, 9.17) is 13.8 Å². The third-order valence-electron chi connectivity index (χ3n) is 13.4. The fourth-order valence-electron chi connectivity index (χ4n) is 8.48. The van der Waals surface area contributed by atoms with Crippen molar-refractivity contribution in [2.75, 3.05) is 40.9 Å².